The zero-order valence-corrected chi connectivity index (χ0v) is 17.4. The summed E-state index contributed by atoms with van der Waals surface area (Å²) in [6, 6.07) is 19.8. The average molecular weight is 445 g/mol. The molecule has 2 nitrogen and oxygen atoms in total. The van der Waals surface area contributed by atoms with E-state index in [0.29, 0.717) is 0 Å². The van der Waals surface area contributed by atoms with E-state index in [0.717, 1.165) is 33.3 Å². The van der Waals surface area contributed by atoms with Crippen molar-refractivity contribution in [3.05, 3.63) is 82.9 Å². The third-order valence-electron chi connectivity index (χ3n) is 4.36. The van der Waals surface area contributed by atoms with Gasteiger partial charge in [0, 0.05) is 16.7 Å². The molecule has 1 aromatic carbocycles. The second kappa shape index (κ2) is 7.67. The van der Waals surface area contributed by atoms with Gasteiger partial charge in [-0.05, 0) is 23.6 Å². The lowest BCUT2D eigenvalue weighted by Crippen LogP contribution is -3.00. The number of carbonyl (C=O) groups is 1. The van der Waals surface area contributed by atoms with Gasteiger partial charge in [-0.3, -0.25) is 4.79 Å². The minimum Gasteiger partial charge on any atom is -1.00 e. The normalized spacial score (nSPS) is 11.2. The van der Waals surface area contributed by atoms with Crippen molar-refractivity contribution in [2.24, 2.45) is 0 Å². The van der Waals surface area contributed by atoms with E-state index in [-0.39, 0.29) is 29.8 Å². The Morgan fingerprint density at radius 2 is 1.36 bits per heavy atom. The van der Waals surface area contributed by atoms with Crippen molar-refractivity contribution in [2.45, 2.75) is 13.5 Å². The standard InChI is InChI=1S/C22H24NO.HI/c1-16-20(15-23(2,3)4)18-13-9-6-10-14-19(18)21(16)22(24)17-11-7-5-8-12-17;/h5-14H,15H2,1-4H3;1H/q+1;/p-1. The summed E-state index contributed by atoms with van der Waals surface area (Å²) in [5.74, 6) is 0.108. The van der Waals surface area contributed by atoms with E-state index in [2.05, 4.69) is 46.3 Å². The van der Waals surface area contributed by atoms with Crippen molar-refractivity contribution in [1.82, 2.24) is 0 Å². The molecule has 1 aromatic rings. The van der Waals surface area contributed by atoms with Crippen LogP contribution >= 0.6 is 0 Å². The van der Waals surface area contributed by atoms with Crippen LogP contribution in [0.3, 0.4) is 0 Å². The van der Waals surface area contributed by atoms with Crippen molar-refractivity contribution in [3.63, 3.8) is 0 Å². The quantitative estimate of drug-likeness (QED) is 0.339. The summed E-state index contributed by atoms with van der Waals surface area (Å²) in [5, 5.41) is 0. The molecule has 0 N–H and O–H groups in total. The highest BCUT2D eigenvalue weighted by Gasteiger charge is 2.27. The lowest BCUT2D eigenvalue weighted by Gasteiger charge is -2.24. The van der Waals surface area contributed by atoms with Gasteiger partial charge < -0.3 is 28.5 Å². The van der Waals surface area contributed by atoms with Gasteiger partial charge in [0.2, 0.25) is 0 Å². The molecule has 3 rings (SSSR count). The van der Waals surface area contributed by atoms with Crippen LogP contribution in [-0.4, -0.2) is 31.4 Å². The van der Waals surface area contributed by atoms with E-state index in [1.807, 2.05) is 42.5 Å². The largest absolute Gasteiger partial charge is 1.00 e. The highest BCUT2D eigenvalue weighted by molar-refractivity contribution is 6.15. The van der Waals surface area contributed by atoms with Gasteiger partial charge >= 0.3 is 0 Å². The minimum atomic E-state index is 0. The molecule has 0 unspecified atom stereocenters. The minimum absolute atomic E-state index is 0. The molecule has 0 saturated carbocycles. The Kier molecular flexibility index (Phi) is 6.01. The van der Waals surface area contributed by atoms with Gasteiger partial charge in [0.05, 0.1) is 21.1 Å². The number of carbonyl (C=O) groups excluding carboxylic acids is 1. The smallest absolute Gasteiger partial charge is 0.193 e. The van der Waals surface area contributed by atoms with Crippen LogP contribution in [0.5, 0.6) is 0 Å². The molecule has 0 amide bonds. The van der Waals surface area contributed by atoms with Crippen molar-refractivity contribution in [2.75, 3.05) is 21.1 Å². The van der Waals surface area contributed by atoms with Crippen LogP contribution in [0.2, 0.25) is 0 Å². The summed E-state index contributed by atoms with van der Waals surface area (Å²) < 4.78 is 0.831. The number of nitrogens with zero attached hydrogens (tertiary/aromatic N) is 1. The number of halogens is 1. The molecule has 0 atom stereocenters. The Morgan fingerprint density at radius 1 is 0.840 bits per heavy atom. The second-order valence-corrected chi connectivity index (χ2v) is 7.36. The van der Waals surface area contributed by atoms with Crippen LogP contribution in [0, 0.1) is 6.92 Å². The summed E-state index contributed by atoms with van der Waals surface area (Å²) in [5.41, 5.74) is 6.21. The second-order valence-electron chi connectivity index (χ2n) is 7.36. The summed E-state index contributed by atoms with van der Waals surface area (Å²) >= 11 is 0. The molecule has 0 saturated heterocycles. The third-order valence-corrected chi connectivity index (χ3v) is 4.36. The Hall–Kier alpha value is -1.72. The Labute approximate surface area is 167 Å². The first-order chi connectivity index (χ1) is 11.4. The molecule has 0 spiro atoms. The summed E-state index contributed by atoms with van der Waals surface area (Å²) in [6.45, 7) is 2.98. The van der Waals surface area contributed by atoms with Crippen molar-refractivity contribution < 1.29 is 33.3 Å². The van der Waals surface area contributed by atoms with Crippen LogP contribution in [-0.2, 0) is 6.54 Å². The zero-order chi connectivity index (χ0) is 17.3. The number of quaternary nitrogens is 1. The number of benzene rings is 1. The Bertz CT molecular complexity index is 850. The fourth-order valence-corrected chi connectivity index (χ4v) is 3.29. The predicted octanol–water partition coefficient (Wildman–Crippen LogP) is 1.54. The van der Waals surface area contributed by atoms with Crippen LogP contribution in [0.4, 0.5) is 0 Å². The highest BCUT2D eigenvalue weighted by atomic mass is 127. The summed E-state index contributed by atoms with van der Waals surface area (Å²) in [4.78, 5) is 13.2. The van der Waals surface area contributed by atoms with E-state index >= 15 is 0 Å². The lowest BCUT2D eigenvalue weighted by molar-refractivity contribution is -0.883. The maximum Gasteiger partial charge on any atom is 0.193 e. The van der Waals surface area contributed by atoms with Gasteiger partial charge in [-0.2, -0.15) is 0 Å². The molecule has 2 aliphatic carbocycles. The molecular weight excluding hydrogens is 421 g/mol. The van der Waals surface area contributed by atoms with E-state index in [9.17, 15) is 4.79 Å². The van der Waals surface area contributed by atoms with Gasteiger partial charge in [0.1, 0.15) is 6.54 Å². The molecule has 0 heterocycles. The zero-order valence-electron chi connectivity index (χ0n) is 15.2. The van der Waals surface area contributed by atoms with Gasteiger partial charge in [-0.1, -0.05) is 60.7 Å². The Balaban J connectivity index is 0.00000225. The van der Waals surface area contributed by atoms with Gasteiger partial charge in [0.15, 0.2) is 5.78 Å². The summed E-state index contributed by atoms with van der Waals surface area (Å²) in [6.07, 6.45) is 0. The molecular formula is C22H24INO. The van der Waals surface area contributed by atoms with Crippen LogP contribution in [0.25, 0.3) is 11.1 Å². The molecule has 3 heteroatoms. The van der Waals surface area contributed by atoms with Gasteiger partial charge in [0.25, 0.3) is 0 Å². The maximum absolute atomic E-state index is 13.2. The fourth-order valence-electron chi connectivity index (χ4n) is 3.29. The number of hydrogen-bond donors (Lipinski definition) is 0. The SMILES string of the molecule is Cc1c(C[N+](C)(C)C)c2cccccc-2c1C(=O)c1ccccc1.[I-]. The number of rotatable bonds is 4. The Morgan fingerprint density at radius 3 is 1.92 bits per heavy atom. The highest BCUT2D eigenvalue weighted by Crippen LogP contribution is 2.38. The summed E-state index contributed by atoms with van der Waals surface area (Å²) in [7, 11) is 6.54. The molecule has 0 bridgehead atoms. The first-order valence-electron chi connectivity index (χ1n) is 8.29. The van der Waals surface area contributed by atoms with Crippen LogP contribution < -0.4 is 24.0 Å². The first kappa shape index (κ1) is 19.6. The fraction of sp³-hybridized carbons (Fsp3) is 0.227. The van der Waals surface area contributed by atoms with E-state index in [1.54, 1.807) is 0 Å². The van der Waals surface area contributed by atoms with Crippen molar-refractivity contribution >= 4 is 5.78 Å². The van der Waals surface area contributed by atoms with Gasteiger partial charge in [-0.15, -0.1) is 0 Å². The number of hydrogen-bond acceptors (Lipinski definition) is 1. The molecule has 130 valence electrons. The lowest BCUT2D eigenvalue weighted by atomic mass is 9.99. The molecule has 0 fully saturated rings. The van der Waals surface area contributed by atoms with Crippen molar-refractivity contribution in [3.8, 4) is 11.1 Å². The molecule has 25 heavy (non-hydrogen) atoms. The number of ketones is 1. The van der Waals surface area contributed by atoms with Crippen molar-refractivity contribution in [1.29, 1.82) is 0 Å². The predicted molar refractivity (Wildman–Crippen MR) is 99.4 cm³/mol. The molecule has 0 aliphatic heterocycles. The van der Waals surface area contributed by atoms with E-state index in [1.165, 1.54) is 11.1 Å². The topological polar surface area (TPSA) is 17.1 Å². The monoisotopic (exact) mass is 445 g/mol. The maximum atomic E-state index is 13.2. The van der Waals surface area contributed by atoms with E-state index < -0.39 is 0 Å². The molecule has 2 aliphatic rings. The van der Waals surface area contributed by atoms with Gasteiger partial charge in [-0.25, -0.2) is 0 Å². The number of fused-ring (bicyclic) bond motifs is 1. The van der Waals surface area contributed by atoms with Crippen LogP contribution in [0.15, 0.2) is 60.7 Å². The van der Waals surface area contributed by atoms with Crippen LogP contribution in [0.1, 0.15) is 27.0 Å². The third kappa shape index (κ3) is 4.10. The van der Waals surface area contributed by atoms with E-state index in [4.69, 9.17) is 0 Å². The average Bonchev–Trinajstić information content (AvgIpc) is 2.71. The molecule has 0 aromatic heterocycles. The molecule has 0 radical (unpaired) electrons. The first-order valence-corrected chi connectivity index (χ1v) is 8.29.